The topological polar surface area (TPSA) is 35.6 Å². The highest BCUT2D eigenvalue weighted by Crippen LogP contribution is 2.15. The molecular formula is C22H29N3O. The number of amides is 1. The largest absolute Gasteiger partial charge is 0.325 e. The molecule has 1 aliphatic rings. The summed E-state index contributed by atoms with van der Waals surface area (Å²) in [6.45, 7) is 11.1. The lowest BCUT2D eigenvalue weighted by Gasteiger charge is -2.37. The van der Waals surface area contributed by atoms with Gasteiger partial charge in [0, 0.05) is 38.4 Å². The summed E-state index contributed by atoms with van der Waals surface area (Å²) in [5, 5.41) is 3.03. The van der Waals surface area contributed by atoms with Gasteiger partial charge in [-0.15, -0.1) is 0 Å². The molecule has 0 saturated carbocycles. The molecule has 1 atom stereocenters. The fourth-order valence-electron chi connectivity index (χ4n) is 3.39. The molecule has 0 spiro atoms. The smallest absolute Gasteiger partial charge is 0.241 e. The molecule has 3 rings (SSSR count). The number of anilines is 1. The zero-order valence-electron chi connectivity index (χ0n) is 16.0. The maximum Gasteiger partial charge on any atom is 0.241 e. The third-order valence-corrected chi connectivity index (χ3v) is 5.31. The molecule has 1 unspecified atom stereocenters. The van der Waals surface area contributed by atoms with Gasteiger partial charge in [-0.3, -0.25) is 14.6 Å². The van der Waals surface area contributed by atoms with Gasteiger partial charge in [-0.1, -0.05) is 42.0 Å². The maximum absolute atomic E-state index is 12.5. The molecule has 4 nitrogen and oxygen atoms in total. The van der Waals surface area contributed by atoms with Gasteiger partial charge >= 0.3 is 0 Å². The first-order valence-corrected chi connectivity index (χ1v) is 9.41. The lowest BCUT2D eigenvalue weighted by atomic mass is 10.1. The van der Waals surface area contributed by atoms with Gasteiger partial charge < -0.3 is 5.32 Å². The Balaban J connectivity index is 1.50. The van der Waals surface area contributed by atoms with Crippen molar-refractivity contribution in [2.45, 2.75) is 33.4 Å². The van der Waals surface area contributed by atoms with Gasteiger partial charge in [0.05, 0.1) is 6.04 Å². The third-order valence-electron chi connectivity index (χ3n) is 5.31. The van der Waals surface area contributed by atoms with Crippen molar-refractivity contribution in [1.82, 2.24) is 9.80 Å². The van der Waals surface area contributed by atoms with Crippen molar-refractivity contribution < 1.29 is 4.79 Å². The van der Waals surface area contributed by atoms with Crippen molar-refractivity contribution in [3.63, 3.8) is 0 Å². The van der Waals surface area contributed by atoms with Crippen LogP contribution in [-0.2, 0) is 11.3 Å². The van der Waals surface area contributed by atoms with Crippen molar-refractivity contribution in [2.75, 3.05) is 31.5 Å². The zero-order valence-corrected chi connectivity index (χ0v) is 16.0. The Morgan fingerprint density at radius 1 is 1.00 bits per heavy atom. The fraction of sp³-hybridized carbons (Fsp3) is 0.409. The summed E-state index contributed by atoms with van der Waals surface area (Å²) in [4.78, 5) is 17.3. The van der Waals surface area contributed by atoms with Gasteiger partial charge in [-0.25, -0.2) is 0 Å². The van der Waals surface area contributed by atoms with Gasteiger partial charge in [-0.2, -0.15) is 0 Å². The Kier molecular flexibility index (Phi) is 6.07. The van der Waals surface area contributed by atoms with Crippen LogP contribution in [0.2, 0.25) is 0 Å². The van der Waals surface area contributed by atoms with Crippen molar-refractivity contribution >= 4 is 11.6 Å². The van der Waals surface area contributed by atoms with E-state index >= 15 is 0 Å². The van der Waals surface area contributed by atoms with Crippen LogP contribution in [0.3, 0.4) is 0 Å². The number of nitrogens with zero attached hydrogens (tertiary/aromatic N) is 2. The second kappa shape index (κ2) is 8.47. The van der Waals surface area contributed by atoms with Crippen molar-refractivity contribution in [1.29, 1.82) is 0 Å². The number of hydrogen-bond donors (Lipinski definition) is 1. The molecule has 1 amide bonds. The van der Waals surface area contributed by atoms with E-state index in [0.717, 1.165) is 38.4 Å². The van der Waals surface area contributed by atoms with E-state index in [-0.39, 0.29) is 11.9 Å². The van der Waals surface area contributed by atoms with Crippen LogP contribution in [-0.4, -0.2) is 47.9 Å². The standard InChI is InChI=1S/C22H29N3O/c1-17-8-10-21(11-9-17)23-22(26)19(3)25-14-12-24(13-15-25)16-20-7-5-4-6-18(20)2/h4-11,19H,12-16H2,1-3H3,(H,23,26). The molecule has 0 radical (unpaired) electrons. The van der Waals surface area contributed by atoms with Crippen molar-refractivity contribution in [2.24, 2.45) is 0 Å². The first-order valence-electron chi connectivity index (χ1n) is 9.41. The van der Waals surface area contributed by atoms with Crippen molar-refractivity contribution in [3.05, 3.63) is 65.2 Å². The Morgan fingerprint density at radius 3 is 2.31 bits per heavy atom. The van der Waals surface area contributed by atoms with E-state index in [9.17, 15) is 4.79 Å². The van der Waals surface area contributed by atoms with Gasteiger partial charge in [0.2, 0.25) is 5.91 Å². The van der Waals surface area contributed by atoms with Gasteiger partial charge in [-0.05, 0) is 44.0 Å². The highest BCUT2D eigenvalue weighted by atomic mass is 16.2. The number of nitrogens with one attached hydrogen (secondary N) is 1. The third kappa shape index (κ3) is 4.71. The fourth-order valence-corrected chi connectivity index (χ4v) is 3.39. The van der Waals surface area contributed by atoms with E-state index in [1.807, 2.05) is 38.1 Å². The molecule has 1 saturated heterocycles. The van der Waals surface area contributed by atoms with E-state index in [2.05, 4.69) is 46.3 Å². The molecule has 4 heteroatoms. The number of piperazine rings is 1. The molecule has 2 aromatic rings. The van der Waals surface area contributed by atoms with Gasteiger partial charge in [0.1, 0.15) is 0 Å². The van der Waals surface area contributed by atoms with Crippen LogP contribution < -0.4 is 5.32 Å². The summed E-state index contributed by atoms with van der Waals surface area (Å²) in [6.07, 6.45) is 0. The quantitative estimate of drug-likeness (QED) is 0.896. The molecule has 0 aromatic heterocycles. The lowest BCUT2D eigenvalue weighted by molar-refractivity contribution is -0.121. The number of carbonyl (C=O) groups excluding carboxylic acids is 1. The first-order chi connectivity index (χ1) is 12.5. The highest BCUT2D eigenvalue weighted by molar-refractivity contribution is 5.94. The summed E-state index contributed by atoms with van der Waals surface area (Å²) in [5.74, 6) is 0.0706. The monoisotopic (exact) mass is 351 g/mol. The van der Waals surface area contributed by atoms with E-state index in [4.69, 9.17) is 0 Å². The van der Waals surface area contributed by atoms with Crippen LogP contribution >= 0.6 is 0 Å². The second-order valence-corrected chi connectivity index (χ2v) is 7.27. The Hall–Kier alpha value is -2.17. The number of hydrogen-bond acceptors (Lipinski definition) is 3. The molecule has 0 bridgehead atoms. The Bertz CT molecular complexity index is 733. The molecule has 1 heterocycles. The molecule has 138 valence electrons. The number of carbonyl (C=O) groups is 1. The van der Waals surface area contributed by atoms with Crippen LogP contribution in [0, 0.1) is 13.8 Å². The number of aryl methyl sites for hydroxylation is 2. The normalized spacial score (nSPS) is 17.0. The Labute approximate surface area is 156 Å². The molecule has 1 aliphatic heterocycles. The summed E-state index contributed by atoms with van der Waals surface area (Å²) in [7, 11) is 0. The minimum Gasteiger partial charge on any atom is -0.325 e. The molecule has 26 heavy (non-hydrogen) atoms. The number of rotatable bonds is 5. The van der Waals surface area contributed by atoms with Crippen LogP contribution in [0.4, 0.5) is 5.69 Å². The Morgan fingerprint density at radius 2 is 1.65 bits per heavy atom. The predicted octanol–water partition coefficient (Wildman–Crippen LogP) is 3.45. The van der Waals surface area contributed by atoms with E-state index in [0.29, 0.717) is 0 Å². The number of benzene rings is 2. The molecule has 0 aliphatic carbocycles. The maximum atomic E-state index is 12.5. The first kappa shape index (κ1) is 18.6. The lowest BCUT2D eigenvalue weighted by Crippen LogP contribution is -2.52. The predicted molar refractivity (Wildman–Crippen MR) is 107 cm³/mol. The van der Waals surface area contributed by atoms with Gasteiger partial charge in [0.15, 0.2) is 0 Å². The van der Waals surface area contributed by atoms with Gasteiger partial charge in [0.25, 0.3) is 0 Å². The van der Waals surface area contributed by atoms with Crippen LogP contribution in [0.15, 0.2) is 48.5 Å². The summed E-state index contributed by atoms with van der Waals surface area (Å²) in [5.41, 5.74) is 4.80. The minimum atomic E-state index is -0.114. The zero-order chi connectivity index (χ0) is 18.5. The highest BCUT2D eigenvalue weighted by Gasteiger charge is 2.25. The summed E-state index contributed by atoms with van der Waals surface area (Å²) in [6, 6.07) is 16.4. The molecule has 2 aromatic carbocycles. The SMILES string of the molecule is Cc1ccc(NC(=O)C(C)N2CCN(Cc3ccccc3C)CC2)cc1. The average Bonchev–Trinajstić information content (AvgIpc) is 2.65. The van der Waals surface area contributed by atoms with E-state index in [1.165, 1.54) is 16.7 Å². The van der Waals surface area contributed by atoms with E-state index in [1.54, 1.807) is 0 Å². The van der Waals surface area contributed by atoms with E-state index < -0.39 is 0 Å². The molecule has 1 fully saturated rings. The van der Waals surface area contributed by atoms with Crippen LogP contribution in [0.5, 0.6) is 0 Å². The minimum absolute atomic E-state index is 0.0706. The van der Waals surface area contributed by atoms with Crippen LogP contribution in [0.25, 0.3) is 0 Å². The second-order valence-electron chi connectivity index (χ2n) is 7.27. The van der Waals surface area contributed by atoms with Crippen LogP contribution in [0.1, 0.15) is 23.6 Å². The molecule has 1 N–H and O–H groups in total. The summed E-state index contributed by atoms with van der Waals surface area (Å²) >= 11 is 0. The van der Waals surface area contributed by atoms with Crippen molar-refractivity contribution in [3.8, 4) is 0 Å². The summed E-state index contributed by atoms with van der Waals surface area (Å²) < 4.78 is 0. The molecular weight excluding hydrogens is 322 g/mol. The average molecular weight is 351 g/mol.